The molecular weight excluding hydrogens is 330 g/mol. The lowest BCUT2D eigenvalue weighted by atomic mass is 10.1. The number of fused-ring (bicyclic) bond motifs is 2. The zero-order valence-electron chi connectivity index (χ0n) is 13.4. The van der Waals surface area contributed by atoms with Gasteiger partial charge in [0.15, 0.2) is 0 Å². The first-order chi connectivity index (χ1) is 12.3. The van der Waals surface area contributed by atoms with E-state index in [1.54, 1.807) is 11.3 Å². The summed E-state index contributed by atoms with van der Waals surface area (Å²) in [6.07, 6.45) is 1.92. The lowest BCUT2D eigenvalue weighted by Crippen LogP contribution is -1.94. The summed E-state index contributed by atoms with van der Waals surface area (Å²) in [6, 6.07) is 18.2. The molecule has 0 aliphatic rings. The molecule has 5 rings (SSSR count). The van der Waals surface area contributed by atoms with Crippen LogP contribution in [0.5, 0.6) is 0 Å². The minimum Gasteiger partial charge on any atom is -0.216 e. The molecule has 120 valence electrons. The lowest BCUT2D eigenvalue weighted by molar-refractivity contribution is 0.977. The highest BCUT2D eigenvalue weighted by molar-refractivity contribution is 7.19. The van der Waals surface area contributed by atoms with E-state index in [2.05, 4.69) is 40.4 Å². The van der Waals surface area contributed by atoms with Crippen molar-refractivity contribution in [3.8, 4) is 22.0 Å². The summed E-state index contributed by atoms with van der Waals surface area (Å²) in [5.41, 5.74) is 4.68. The van der Waals surface area contributed by atoms with Crippen LogP contribution < -0.4 is 0 Å². The number of benzene rings is 2. The average Bonchev–Trinajstić information content (AvgIpc) is 3.22. The van der Waals surface area contributed by atoms with E-state index in [1.807, 2.05) is 47.1 Å². The van der Waals surface area contributed by atoms with Crippen LogP contribution in [0, 0.1) is 6.92 Å². The summed E-state index contributed by atoms with van der Waals surface area (Å²) in [6.45, 7) is 2.06. The van der Waals surface area contributed by atoms with Crippen LogP contribution in [-0.4, -0.2) is 24.8 Å². The standard InChI is InChI=1S/C19H13N5S/c1-12-14-9-5-6-10-15(14)21-22-17(12)16-11-24-19(20-16)25-18(23-24)13-7-3-2-4-8-13/h2-11H,1H3. The SMILES string of the molecule is Cc1c(-c2cn3nc(-c4ccccc4)sc3n2)nnc2ccccc12. The Labute approximate surface area is 147 Å². The van der Waals surface area contributed by atoms with E-state index in [9.17, 15) is 0 Å². The van der Waals surface area contributed by atoms with Gasteiger partial charge < -0.3 is 0 Å². The Balaban J connectivity index is 1.62. The predicted molar refractivity (Wildman–Crippen MR) is 99.6 cm³/mol. The first-order valence-corrected chi connectivity index (χ1v) is 8.75. The van der Waals surface area contributed by atoms with Crippen molar-refractivity contribution in [2.45, 2.75) is 6.92 Å². The second-order valence-electron chi connectivity index (χ2n) is 5.82. The van der Waals surface area contributed by atoms with E-state index in [0.29, 0.717) is 0 Å². The molecule has 0 N–H and O–H groups in total. The van der Waals surface area contributed by atoms with Gasteiger partial charge in [-0.1, -0.05) is 59.9 Å². The fourth-order valence-corrected chi connectivity index (χ4v) is 3.83. The van der Waals surface area contributed by atoms with Crippen LogP contribution >= 0.6 is 11.3 Å². The smallest absolute Gasteiger partial charge is 0.213 e. The maximum Gasteiger partial charge on any atom is 0.213 e. The highest BCUT2D eigenvalue weighted by atomic mass is 32.1. The van der Waals surface area contributed by atoms with Crippen LogP contribution in [0.15, 0.2) is 60.8 Å². The number of imidazole rings is 1. The Hall–Kier alpha value is -3.12. The fourth-order valence-electron chi connectivity index (χ4n) is 2.94. The quantitative estimate of drug-likeness (QED) is 0.477. The third-order valence-corrected chi connectivity index (χ3v) is 5.20. The zero-order valence-corrected chi connectivity index (χ0v) is 14.2. The molecular formula is C19H13N5S. The van der Waals surface area contributed by atoms with Gasteiger partial charge in [-0.2, -0.15) is 5.10 Å². The second-order valence-corrected chi connectivity index (χ2v) is 6.77. The molecule has 0 aliphatic heterocycles. The number of nitrogens with zero attached hydrogens (tertiary/aromatic N) is 5. The molecule has 0 spiro atoms. The molecule has 0 radical (unpaired) electrons. The first kappa shape index (κ1) is 14.2. The topological polar surface area (TPSA) is 56.0 Å². The van der Waals surface area contributed by atoms with E-state index in [4.69, 9.17) is 4.98 Å². The van der Waals surface area contributed by atoms with Crippen molar-refractivity contribution < 1.29 is 0 Å². The van der Waals surface area contributed by atoms with Crippen molar-refractivity contribution in [3.63, 3.8) is 0 Å². The maximum absolute atomic E-state index is 4.71. The molecule has 0 unspecified atom stereocenters. The van der Waals surface area contributed by atoms with Gasteiger partial charge in [0.1, 0.15) is 16.4 Å². The Morgan fingerprint density at radius 2 is 1.72 bits per heavy atom. The molecule has 3 aromatic heterocycles. The van der Waals surface area contributed by atoms with Gasteiger partial charge in [0.05, 0.1) is 11.7 Å². The molecule has 2 aromatic carbocycles. The summed E-state index contributed by atoms with van der Waals surface area (Å²) in [7, 11) is 0. The van der Waals surface area contributed by atoms with Gasteiger partial charge in [0.25, 0.3) is 0 Å². The van der Waals surface area contributed by atoms with Crippen molar-refractivity contribution in [2.24, 2.45) is 0 Å². The van der Waals surface area contributed by atoms with Gasteiger partial charge in [0, 0.05) is 10.9 Å². The molecule has 0 amide bonds. The monoisotopic (exact) mass is 343 g/mol. The molecule has 0 fully saturated rings. The molecule has 6 heteroatoms. The van der Waals surface area contributed by atoms with E-state index < -0.39 is 0 Å². The summed E-state index contributed by atoms with van der Waals surface area (Å²) in [5, 5.41) is 15.4. The third-order valence-electron chi connectivity index (χ3n) is 4.23. The van der Waals surface area contributed by atoms with E-state index in [-0.39, 0.29) is 0 Å². The van der Waals surface area contributed by atoms with Gasteiger partial charge in [-0.05, 0) is 18.6 Å². The van der Waals surface area contributed by atoms with Crippen LogP contribution in [0.25, 0.3) is 37.8 Å². The first-order valence-electron chi connectivity index (χ1n) is 7.93. The Kier molecular flexibility index (Phi) is 3.11. The minimum atomic E-state index is 0.800. The molecule has 25 heavy (non-hydrogen) atoms. The van der Waals surface area contributed by atoms with Gasteiger partial charge in [0.2, 0.25) is 4.96 Å². The van der Waals surface area contributed by atoms with Gasteiger partial charge in [-0.15, -0.1) is 10.2 Å². The Morgan fingerprint density at radius 1 is 0.920 bits per heavy atom. The molecule has 5 nitrogen and oxygen atoms in total. The zero-order chi connectivity index (χ0) is 16.8. The van der Waals surface area contributed by atoms with Crippen molar-refractivity contribution in [1.29, 1.82) is 0 Å². The molecule has 0 atom stereocenters. The number of rotatable bonds is 2. The van der Waals surface area contributed by atoms with Crippen molar-refractivity contribution >= 4 is 27.2 Å². The third kappa shape index (κ3) is 2.30. The second kappa shape index (κ2) is 5.46. The van der Waals surface area contributed by atoms with E-state index in [0.717, 1.165) is 43.4 Å². The fraction of sp³-hybridized carbons (Fsp3) is 0.0526. The highest BCUT2D eigenvalue weighted by Gasteiger charge is 2.15. The van der Waals surface area contributed by atoms with Crippen LogP contribution in [0.4, 0.5) is 0 Å². The number of hydrogen-bond acceptors (Lipinski definition) is 5. The minimum absolute atomic E-state index is 0.800. The summed E-state index contributed by atoms with van der Waals surface area (Å²) in [5.74, 6) is 0. The van der Waals surface area contributed by atoms with Gasteiger partial charge in [-0.3, -0.25) is 0 Å². The normalized spacial score (nSPS) is 11.4. The van der Waals surface area contributed by atoms with Crippen LogP contribution in [0.2, 0.25) is 0 Å². The molecule has 0 bridgehead atoms. The summed E-state index contributed by atoms with van der Waals surface area (Å²) in [4.78, 5) is 5.56. The highest BCUT2D eigenvalue weighted by Crippen LogP contribution is 2.29. The van der Waals surface area contributed by atoms with Gasteiger partial charge >= 0.3 is 0 Å². The average molecular weight is 343 g/mol. The molecule has 0 saturated carbocycles. The van der Waals surface area contributed by atoms with Crippen molar-refractivity contribution in [1.82, 2.24) is 24.8 Å². The lowest BCUT2D eigenvalue weighted by Gasteiger charge is -2.04. The van der Waals surface area contributed by atoms with E-state index in [1.165, 1.54) is 0 Å². The Bertz CT molecular complexity index is 1180. The number of aromatic nitrogens is 5. The van der Waals surface area contributed by atoms with Crippen LogP contribution in [0.1, 0.15) is 5.56 Å². The van der Waals surface area contributed by atoms with Gasteiger partial charge in [-0.25, -0.2) is 9.50 Å². The van der Waals surface area contributed by atoms with E-state index >= 15 is 0 Å². The molecule has 5 aromatic rings. The molecule has 0 aliphatic carbocycles. The predicted octanol–water partition coefficient (Wildman–Crippen LogP) is 4.38. The van der Waals surface area contributed by atoms with Crippen LogP contribution in [0.3, 0.4) is 0 Å². The molecule has 3 heterocycles. The van der Waals surface area contributed by atoms with Crippen LogP contribution in [-0.2, 0) is 0 Å². The summed E-state index contributed by atoms with van der Waals surface area (Å²) < 4.78 is 1.82. The van der Waals surface area contributed by atoms with Crippen molar-refractivity contribution in [3.05, 3.63) is 66.4 Å². The summed E-state index contributed by atoms with van der Waals surface area (Å²) >= 11 is 1.57. The largest absolute Gasteiger partial charge is 0.216 e. The number of hydrogen-bond donors (Lipinski definition) is 0. The Morgan fingerprint density at radius 3 is 2.56 bits per heavy atom. The maximum atomic E-state index is 4.71. The number of aryl methyl sites for hydroxylation is 1. The molecule has 0 saturated heterocycles. The van der Waals surface area contributed by atoms with Crippen molar-refractivity contribution in [2.75, 3.05) is 0 Å².